The Hall–Kier alpha value is -8.08. The van der Waals surface area contributed by atoms with Crippen molar-refractivity contribution in [2.24, 2.45) is 0 Å². The van der Waals surface area contributed by atoms with E-state index in [1.807, 2.05) is 0 Å². The first-order valence-corrected chi connectivity index (χ1v) is 20.5. The summed E-state index contributed by atoms with van der Waals surface area (Å²) in [4.78, 5) is 10.5. The lowest BCUT2D eigenvalue weighted by molar-refractivity contribution is 1.18. The fraction of sp³-hybridized carbons (Fsp3) is 0. The second-order valence-electron chi connectivity index (χ2n) is 15.8. The van der Waals surface area contributed by atoms with Crippen LogP contribution < -0.4 is 0 Å². The minimum atomic E-state index is 0.733. The van der Waals surface area contributed by atoms with Gasteiger partial charge in [-0.15, -0.1) is 0 Å². The summed E-state index contributed by atoms with van der Waals surface area (Å²) in [5.74, 6) is 0.733. The van der Waals surface area contributed by atoms with E-state index >= 15 is 0 Å². The molecule has 0 N–H and O–H groups in total. The first kappa shape index (κ1) is 32.9. The molecule has 278 valence electrons. The normalized spacial score (nSPS) is 12.0. The molecule has 0 spiro atoms. The van der Waals surface area contributed by atoms with Gasteiger partial charge in [0.1, 0.15) is 0 Å². The van der Waals surface area contributed by atoms with Crippen molar-refractivity contribution in [3.63, 3.8) is 0 Å². The first-order valence-electron chi connectivity index (χ1n) is 20.5. The van der Waals surface area contributed by atoms with E-state index in [1.165, 1.54) is 60.6 Å². The number of hydrogen-bond acceptors (Lipinski definition) is 2. The van der Waals surface area contributed by atoms with Crippen LogP contribution in [-0.2, 0) is 0 Å². The number of rotatable bonds is 5. The predicted molar refractivity (Wildman–Crippen MR) is 249 cm³/mol. The Morgan fingerprint density at radius 2 is 0.817 bits per heavy atom. The van der Waals surface area contributed by atoms with E-state index in [4.69, 9.17) is 9.97 Å². The minimum absolute atomic E-state index is 0.733. The SMILES string of the molecule is c1ccc(-c2cccc(-n3c4ccc(-c5ccc6c(c5)c5ccccc5n6-c5ccccc5)cc4c4cc(-c5nc6c7c(cccc7n5)-c5ccccc5-6)ccc43)c2)cc1. The number of nitrogens with zero attached hydrogens (tertiary/aromatic N) is 4. The van der Waals surface area contributed by atoms with Gasteiger partial charge in [0.05, 0.1) is 33.3 Å². The Morgan fingerprint density at radius 3 is 1.58 bits per heavy atom. The highest BCUT2D eigenvalue weighted by molar-refractivity contribution is 6.15. The molecule has 4 heteroatoms. The van der Waals surface area contributed by atoms with Crippen LogP contribution >= 0.6 is 0 Å². The molecule has 1 aliphatic carbocycles. The van der Waals surface area contributed by atoms with Gasteiger partial charge in [-0.3, -0.25) is 0 Å². The van der Waals surface area contributed by atoms with Crippen LogP contribution in [0.15, 0.2) is 206 Å². The van der Waals surface area contributed by atoms with Crippen LogP contribution in [0.5, 0.6) is 0 Å². The quantitative estimate of drug-likeness (QED) is 0.175. The fourth-order valence-electron chi connectivity index (χ4n) is 9.74. The molecule has 0 bridgehead atoms. The molecule has 0 saturated heterocycles. The molecule has 0 fully saturated rings. The third kappa shape index (κ3) is 4.85. The highest BCUT2D eigenvalue weighted by Crippen LogP contribution is 2.47. The zero-order valence-electron chi connectivity index (χ0n) is 32.4. The van der Waals surface area contributed by atoms with Gasteiger partial charge in [-0.1, -0.05) is 127 Å². The van der Waals surface area contributed by atoms with Crippen molar-refractivity contribution in [1.82, 2.24) is 19.1 Å². The van der Waals surface area contributed by atoms with Gasteiger partial charge in [0.2, 0.25) is 0 Å². The third-order valence-electron chi connectivity index (χ3n) is 12.5. The molecule has 13 rings (SSSR count). The maximum Gasteiger partial charge on any atom is 0.160 e. The zero-order chi connectivity index (χ0) is 39.3. The van der Waals surface area contributed by atoms with E-state index in [1.54, 1.807) is 0 Å². The van der Waals surface area contributed by atoms with Crippen molar-refractivity contribution < 1.29 is 0 Å². The molecule has 0 radical (unpaired) electrons. The third-order valence-corrected chi connectivity index (χ3v) is 12.5. The van der Waals surface area contributed by atoms with E-state index in [-0.39, 0.29) is 0 Å². The van der Waals surface area contributed by atoms with E-state index in [9.17, 15) is 0 Å². The molecule has 0 amide bonds. The summed E-state index contributed by atoms with van der Waals surface area (Å²) < 4.78 is 4.78. The molecule has 0 saturated carbocycles. The molecule has 0 unspecified atom stereocenters. The smallest absolute Gasteiger partial charge is 0.160 e. The fourth-order valence-corrected chi connectivity index (χ4v) is 9.74. The molecule has 3 aromatic heterocycles. The van der Waals surface area contributed by atoms with Crippen LogP contribution in [0.1, 0.15) is 0 Å². The molecule has 3 heterocycles. The highest BCUT2D eigenvalue weighted by Gasteiger charge is 2.25. The van der Waals surface area contributed by atoms with Crippen molar-refractivity contribution in [2.45, 2.75) is 0 Å². The average Bonchev–Trinajstić information content (AvgIpc) is 3.95. The lowest BCUT2D eigenvalue weighted by Crippen LogP contribution is -1.95. The van der Waals surface area contributed by atoms with E-state index in [2.05, 4.69) is 215 Å². The van der Waals surface area contributed by atoms with Crippen molar-refractivity contribution in [3.8, 4) is 67.4 Å². The second-order valence-corrected chi connectivity index (χ2v) is 15.8. The summed E-state index contributed by atoms with van der Waals surface area (Å²) in [5.41, 5.74) is 18.2. The van der Waals surface area contributed by atoms with E-state index in [0.717, 1.165) is 61.3 Å². The molecule has 12 aromatic rings. The summed E-state index contributed by atoms with van der Waals surface area (Å²) >= 11 is 0. The molecular weight excluding hydrogens is 729 g/mol. The largest absolute Gasteiger partial charge is 0.309 e. The van der Waals surface area contributed by atoms with Crippen LogP contribution in [-0.4, -0.2) is 19.1 Å². The average molecular weight is 763 g/mol. The Balaban J connectivity index is 1.03. The van der Waals surface area contributed by atoms with Gasteiger partial charge in [-0.05, 0) is 112 Å². The van der Waals surface area contributed by atoms with Gasteiger partial charge in [0, 0.05) is 49.4 Å². The number of hydrogen-bond donors (Lipinski definition) is 0. The predicted octanol–water partition coefficient (Wildman–Crippen LogP) is 14.5. The maximum atomic E-state index is 5.30. The number of para-hydroxylation sites is 2. The van der Waals surface area contributed by atoms with Crippen LogP contribution in [0.2, 0.25) is 0 Å². The molecule has 4 nitrogen and oxygen atoms in total. The molecule has 60 heavy (non-hydrogen) atoms. The summed E-state index contributed by atoms with van der Waals surface area (Å²) in [6.45, 7) is 0. The van der Waals surface area contributed by atoms with Crippen molar-refractivity contribution >= 4 is 54.5 Å². The van der Waals surface area contributed by atoms with Crippen molar-refractivity contribution in [1.29, 1.82) is 0 Å². The Bertz CT molecular complexity index is 3710. The summed E-state index contributed by atoms with van der Waals surface area (Å²) in [6.07, 6.45) is 0. The highest BCUT2D eigenvalue weighted by atomic mass is 15.0. The maximum absolute atomic E-state index is 5.30. The molecule has 0 aliphatic heterocycles. The van der Waals surface area contributed by atoms with Gasteiger partial charge in [-0.2, -0.15) is 0 Å². The van der Waals surface area contributed by atoms with Gasteiger partial charge >= 0.3 is 0 Å². The monoisotopic (exact) mass is 762 g/mol. The summed E-state index contributed by atoms with van der Waals surface area (Å²) in [6, 6.07) is 74.5. The van der Waals surface area contributed by atoms with Crippen molar-refractivity contribution in [3.05, 3.63) is 206 Å². The molecule has 0 atom stereocenters. The number of fused-ring (bicyclic) bond motifs is 9. The Morgan fingerprint density at radius 1 is 0.300 bits per heavy atom. The first-order chi connectivity index (χ1) is 29.7. The van der Waals surface area contributed by atoms with Crippen LogP contribution in [0.25, 0.3) is 122 Å². The standard InChI is InChI=1S/C56H34N4/c1-3-13-35(14-4-1)36-15-11-18-41(31-36)60-52-29-26-38(37-25-28-51-46(32-37)43-20-9-10-24-50(43)59(51)40-16-5-2-6-17-40)33-47(52)48-34-39(27-30-53(48)60)56-57-49-23-12-22-44-42-19-7-8-21-45(42)55(58-56)54(44)49/h1-34H. The van der Waals surface area contributed by atoms with E-state index < -0.39 is 0 Å². The Kier molecular flexibility index (Phi) is 6.98. The molecule has 1 aliphatic rings. The van der Waals surface area contributed by atoms with Gasteiger partial charge in [0.25, 0.3) is 0 Å². The lowest BCUT2D eigenvalue weighted by Gasteiger charge is -2.11. The minimum Gasteiger partial charge on any atom is -0.309 e. The van der Waals surface area contributed by atoms with Crippen LogP contribution in [0.4, 0.5) is 0 Å². The summed E-state index contributed by atoms with van der Waals surface area (Å²) in [7, 11) is 0. The zero-order valence-corrected chi connectivity index (χ0v) is 32.4. The Labute approximate surface area is 345 Å². The molecular formula is C56H34N4. The second kappa shape index (κ2) is 12.7. The van der Waals surface area contributed by atoms with Gasteiger partial charge in [0.15, 0.2) is 5.82 Å². The number of benzene rings is 9. The van der Waals surface area contributed by atoms with Crippen LogP contribution in [0.3, 0.4) is 0 Å². The molecule has 9 aromatic carbocycles. The van der Waals surface area contributed by atoms with E-state index in [0.29, 0.717) is 0 Å². The lowest BCUT2D eigenvalue weighted by atomic mass is 10.00. The van der Waals surface area contributed by atoms with Crippen molar-refractivity contribution in [2.75, 3.05) is 0 Å². The topological polar surface area (TPSA) is 35.6 Å². The van der Waals surface area contributed by atoms with Gasteiger partial charge < -0.3 is 9.13 Å². The van der Waals surface area contributed by atoms with Crippen LogP contribution in [0, 0.1) is 0 Å². The van der Waals surface area contributed by atoms with Gasteiger partial charge in [-0.25, -0.2) is 9.97 Å². The number of aromatic nitrogens is 4. The summed E-state index contributed by atoms with van der Waals surface area (Å²) in [5, 5.41) is 5.95.